The highest BCUT2D eigenvalue weighted by atomic mass is 32.2. The number of anilines is 1. The van der Waals surface area contributed by atoms with Crippen molar-refractivity contribution in [2.24, 2.45) is 0 Å². The lowest BCUT2D eigenvalue weighted by Crippen LogP contribution is -2.25. The predicted octanol–water partition coefficient (Wildman–Crippen LogP) is 4.03. The van der Waals surface area contributed by atoms with Gasteiger partial charge in [0, 0.05) is 24.7 Å². The number of carbonyl (C=O) groups is 1. The van der Waals surface area contributed by atoms with Crippen LogP contribution in [0.4, 0.5) is 5.69 Å². The molecule has 0 spiro atoms. The number of aryl methyl sites for hydroxylation is 1. The molecule has 3 rings (SSSR count). The van der Waals surface area contributed by atoms with Crippen LogP contribution in [-0.2, 0) is 14.8 Å². The molecule has 180 valence electrons. The molecule has 1 amide bonds. The van der Waals surface area contributed by atoms with Crippen molar-refractivity contribution in [3.05, 3.63) is 42.0 Å². The fourth-order valence-electron chi connectivity index (χ4n) is 3.40. The molecule has 2 N–H and O–H groups in total. The van der Waals surface area contributed by atoms with Crippen LogP contribution in [0, 0.1) is 6.92 Å². The molecule has 0 aliphatic carbocycles. The molecule has 2 aromatic carbocycles. The number of hydrogen-bond acceptors (Lipinski definition) is 6. The number of sulfonamides is 1. The van der Waals surface area contributed by atoms with Gasteiger partial charge in [-0.2, -0.15) is 0 Å². The Morgan fingerprint density at radius 2 is 1.79 bits per heavy atom. The van der Waals surface area contributed by atoms with Crippen LogP contribution in [0.1, 0.15) is 45.1 Å². The van der Waals surface area contributed by atoms with Gasteiger partial charge in [-0.25, -0.2) is 13.1 Å². The molecule has 0 saturated heterocycles. The highest BCUT2D eigenvalue weighted by molar-refractivity contribution is 7.89. The van der Waals surface area contributed by atoms with E-state index in [4.69, 9.17) is 14.2 Å². The van der Waals surface area contributed by atoms with Crippen LogP contribution >= 0.6 is 0 Å². The average Bonchev–Trinajstić information content (AvgIpc) is 2.77. The summed E-state index contributed by atoms with van der Waals surface area (Å²) in [6, 6.07) is 10.2. The summed E-state index contributed by atoms with van der Waals surface area (Å²) >= 11 is 0. The lowest BCUT2D eigenvalue weighted by atomic mass is 10.1. The van der Waals surface area contributed by atoms with E-state index >= 15 is 0 Å². The molecule has 0 saturated carbocycles. The molecule has 0 unspecified atom stereocenters. The molecule has 1 heterocycles. The first-order valence-corrected chi connectivity index (χ1v) is 12.7. The van der Waals surface area contributed by atoms with Crippen LogP contribution in [-0.4, -0.2) is 40.2 Å². The van der Waals surface area contributed by atoms with Crippen LogP contribution in [0.5, 0.6) is 17.2 Å². The predicted molar refractivity (Wildman–Crippen MR) is 127 cm³/mol. The lowest BCUT2D eigenvalue weighted by Gasteiger charge is -2.18. The normalized spacial score (nSPS) is 13.1. The van der Waals surface area contributed by atoms with E-state index in [1.165, 1.54) is 12.1 Å². The number of amides is 1. The van der Waals surface area contributed by atoms with Gasteiger partial charge in [-0.1, -0.05) is 6.42 Å². The maximum Gasteiger partial charge on any atom is 0.240 e. The molecule has 0 atom stereocenters. The number of hydrogen-bond donors (Lipinski definition) is 2. The standard InChI is InChI=1S/C24H32N2O6S/c1-17(2)32-19-8-10-21(18(3)15-19)26-24(27)7-5-4-6-12-25-33(28,29)20-9-11-22-23(16-20)31-14-13-30-22/h8-11,15-17,25H,4-7,12-14H2,1-3H3,(H,26,27). The van der Waals surface area contributed by atoms with Crippen molar-refractivity contribution in [2.45, 2.75) is 57.5 Å². The Morgan fingerprint density at radius 1 is 1.03 bits per heavy atom. The summed E-state index contributed by atoms with van der Waals surface area (Å²) in [6.45, 7) is 7.01. The minimum Gasteiger partial charge on any atom is -0.491 e. The third-order valence-electron chi connectivity index (χ3n) is 5.04. The molecule has 0 aromatic heterocycles. The summed E-state index contributed by atoms with van der Waals surface area (Å²) in [5.74, 6) is 1.70. The van der Waals surface area contributed by atoms with Gasteiger partial charge in [0.1, 0.15) is 19.0 Å². The molecule has 1 aliphatic heterocycles. The Morgan fingerprint density at radius 3 is 2.52 bits per heavy atom. The lowest BCUT2D eigenvalue weighted by molar-refractivity contribution is -0.116. The minimum atomic E-state index is -3.63. The zero-order valence-electron chi connectivity index (χ0n) is 19.3. The van der Waals surface area contributed by atoms with E-state index in [1.807, 2.05) is 39.0 Å². The zero-order valence-corrected chi connectivity index (χ0v) is 20.2. The van der Waals surface area contributed by atoms with E-state index in [9.17, 15) is 13.2 Å². The quantitative estimate of drug-likeness (QED) is 0.475. The van der Waals surface area contributed by atoms with Crippen LogP contribution in [0.25, 0.3) is 0 Å². The number of nitrogens with one attached hydrogen (secondary N) is 2. The SMILES string of the molecule is Cc1cc(OC(C)C)ccc1NC(=O)CCCCCNS(=O)(=O)c1ccc2c(c1)OCCO2. The van der Waals surface area contributed by atoms with Crippen molar-refractivity contribution >= 4 is 21.6 Å². The van der Waals surface area contributed by atoms with Crippen molar-refractivity contribution in [1.82, 2.24) is 4.72 Å². The Balaban J connectivity index is 1.37. The number of ether oxygens (including phenoxy) is 3. The average molecular weight is 477 g/mol. The molecule has 2 aromatic rings. The van der Waals surface area contributed by atoms with Gasteiger partial charge in [0.25, 0.3) is 0 Å². The molecule has 0 bridgehead atoms. The molecular formula is C24H32N2O6S. The number of unbranched alkanes of at least 4 members (excludes halogenated alkanes) is 2. The van der Waals surface area contributed by atoms with E-state index in [0.717, 1.165) is 23.4 Å². The van der Waals surface area contributed by atoms with Gasteiger partial charge in [0.2, 0.25) is 15.9 Å². The number of fused-ring (bicyclic) bond motifs is 1. The summed E-state index contributed by atoms with van der Waals surface area (Å²) in [5, 5.41) is 2.92. The van der Waals surface area contributed by atoms with Crippen LogP contribution in [0.15, 0.2) is 41.3 Å². The van der Waals surface area contributed by atoms with Crippen molar-refractivity contribution in [3.8, 4) is 17.2 Å². The third-order valence-corrected chi connectivity index (χ3v) is 6.50. The number of benzene rings is 2. The molecule has 33 heavy (non-hydrogen) atoms. The third kappa shape index (κ3) is 7.36. The molecule has 9 heteroatoms. The van der Waals surface area contributed by atoms with E-state index in [0.29, 0.717) is 50.5 Å². The monoisotopic (exact) mass is 476 g/mol. The largest absolute Gasteiger partial charge is 0.491 e. The topological polar surface area (TPSA) is 103 Å². The molecule has 0 radical (unpaired) electrons. The highest BCUT2D eigenvalue weighted by Gasteiger charge is 2.19. The summed E-state index contributed by atoms with van der Waals surface area (Å²) in [5.41, 5.74) is 1.71. The highest BCUT2D eigenvalue weighted by Crippen LogP contribution is 2.32. The van der Waals surface area contributed by atoms with Gasteiger partial charge >= 0.3 is 0 Å². The molecule has 1 aliphatic rings. The Kier molecular flexibility index (Phi) is 8.57. The summed E-state index contributed by atoms with van der Waals surface area (Å²) < 4.78 is 44.1. The second-order valence-corrected chi connectivity index (χ2v) is 9.97. The minimum absolute atomic E-state index is 0.0625. The van der Waals surface area contributed by atoms with Gasteiger partial charge in [-0.05, 0) is 69.5 Å². The Labute approximate surface area is 195 Å². The van der Waals surface area contributed by atoms with Crippen LogP contribution in [0.3, 0.4) is 0 Å². The molecule has 8 nitrogen and oxygen atoms in total. The zero-order chi connectivity index (χ0) is 23.8. The van der Waals surface area contributed by atoms with Gasteiger partial charge in [0.15, 0.2) is 11.5 Å². The van der Waals surface area contributed by atoms with Gasteiger partial charge < -0.3 is 19.5 Å². The molecule has 0 fully saturated rings. The van der Waals surface area contributed by atoms with Gasteiger partial charge in [-0.3, -0.25) is 4.79 Å². The summed E-state index contributed by atoms with van der Waals surface area (Å²) in [6.07, 6.45) is 2.51. The van der Waals surface area contributed by atoms with E-state index in [-0.39, 0.29) is 16.9 Å². The second-order valence-electron chi connectivity index (χ2n) is 8.21. The summed E-state index contributed by atoms with van der Waals surface area (Å²) in [7, 11) is -3.63. The molecular weight excluding hydrogens is 444 g/mol. The van der Waals surface area contributed by atoms with E-state index < -0.39 is 10.0 Å². The van der Waals surface area contributed by atoms with Crippen LogP contribution < -0.4 is 24.2 Å². The van der Waals surface area contributed by atoms with Crippen molar-refractivity contribution in [1.29, 1.82) is 0 Å². The van der Waals surface area contributed by atoms with Gasteiger partial charge in [-0.15, -0.1) is 0 Å². The fraction of sp³-hybridized carbons (Fsp3) is 0.458. The first-order chi connectivity index (χ1) is 15.7. The van der Waals surface area contributed by atoms with E-state index in [1.54, 1.807) is 6.07 Å². The maximum absolute atomic E-state index is 12.5. The van der Waals surface area contributed by atoms with Gasteiger partial charge in [0.05, 0.1) is 11.0 Å². The van der Waals surface area contributed by atoms with Crippen molar-refractivity contribution in [3.63, 3.8) is 0 Å². The first kappa shape index (κ1) is 24.9. The number of carbonyl (C=O) groups excluding carboxylic acids is 1. The smallest absolute Gasteiger partial charge is 0.240 e. The Bertz CT molecular complexity index is 1070. The number of rotatable bonds is 11. The summed E-state index contributed by atoms with van der Waals surface area (Å²) in [4.78, 5) is 12.4. The first-order valence-electron chi connectivity index (χ1n) is 11.2. The fourth-order valence-corrected chi connectivity index (χ4v) is 4.49. The van der Waals surface area contributed by atoms with E-state index in [2.05, 4.69) is 10.0 Å². The van der Waals surface area contributed by atoms with Crippen molar-refractivity contribution < 1.29 is 27.4 Å². The van der Waals surface area contributed by atoms with Crippen LogP contribution in [0.2, 0.25) is 0 Å². The van der Waals surface area contributed by atoms with Crippen molar-refractivity contribution in [2.75, 3.05) is 25.1 Å². The maximum atomic E-state index is 12.5. The Hall–Kier alpha value is -2.78. The second kappa shape index (κ2) is 11.4.